The second kappa shape index (κ2) is 10.8. The molecule has 0 saturated carbocycles. The smallest absolute Gasteiger partial charge is 0.419 e. The topological polar surface area (TPSA) is 116 Å². The van der Waals surface area contributed by atoms with E-state index in [-0.39, 0.29) is 39.4 Å². The molecule has 1 aliphatic heterocycles. The summed E-state index contributed by atoms with van der Waals surface area (Å²) in [6.45, 7) is 2.90. The van der Waals surface area contributed by atoms with Crippen molar-refractivity contribution in [1.82, 2.24) is 24.4 Å². The Morgan fingerprint density at radius 3 is 2.54 bits per heavy atom. The highest BCUT2D eigenvalue weighted by Gasteiger charge is 2.35. The summed E-state index contributed by atoms with van der Waals surface area (Å²) in [6, 6.07) is 3.41. The summed E-state index contributed by atoms with van der Waals surface area (Å²) >= 11 is 0. The number of nitrogens with one attached hydrogen (secondary N) is 1. The van der Waals surface area contributed by atoms with Gasteiger partial charge in [-0.1, -0.05) is 12.1 Å². The number of halogens is 4. The fourth-order valence-electron chi connectivity index (χ4n) is 4.70. The Morgan fingerprint density at radius 2 is 1.85 bits per heavy atom. The van der Waals surface area contributed by atoms with Gasteiger partial charge in [-0.15, -0.1) is 0 Å². The number of rotatable bonds is 6. The van der Waals surface area contributed by atoms with Gasteiger partial charge in [-0.2, -0.15) is 23.3 Å². The van der Waals surface area contributed by atoms with Crippen LogP contribution >= 0.6 is 0 Å². The Labute approximate surface area is 229 Å². The van der Waals surface area contributed by atoms with E-state index in [0.717, 1.165) is 10.7 Å². The number of ether oxygens (including phenoxy) is 2. The van der Waals surface area contributed by atoms with Crippen LogP contribution in [0.3, 0.4) is 0 Å². The summed E-state index contributed by atoms with van der Waals surface area (Å²) in [6.07, 6.45) is -2.08. The van der Waals surface area contributed by atoms with E-state index in [1.165, 1.54) is 50.3 Å². The number of fused-ring (bicyclic) bond motifs is 1. The SMILES string of the molecule is COc1nccc(-c2c(=O)n(N3CCOCC3)cc3c(N[C@H](C)c4cccc(C(F)(F)F)c4F)nn(C)c(=O)c23)n1. The van der Waals surface area contributed by atoms with Crippen LogP contribution in [0.2, 0.25) is 0 Å². The monoisotopic (exact) mass is 575 g/mol. The lowest BCUT2D eigenvalue weighted by molar-refractivity contribution is -0.140. The molecule has 1 aliphatic rings. The number of aromatic nitrogens is 5. The molecule has 0 amide bonds. The first-order valence-corrected chi connectivity index (χ1v) is 12.5. The van der Waals surface area contributed by atoms with Crippen LogP contribution in [0.25, 0.3) is 22.0 Å². The number of alkyl halides is 3. The fourth-order valence-corrected chi connectivity index (χ4v) is 4.70. The molecule has 0 bridgehead atoms. The molecule has 0 aliphatic carbocycles. The lowest BCUT2D eigenvalue weighted by atomic mass is 10.0. The Morgan fingerprint density at radius 1 is 1.12 bits per heavy atom. The molecule has 1 N–H and O–H groups in total. The minimum absolute atomic E-state index is 0.0327. The average molecular weight is 576 g/mol. The van der Waals surface area contributed by atoms with Gasteiger partial charge in [0.2, 0.25) is 0 Å². The van der Waals surface area contributed by atoms with E-state index in [4.69, 9.17) is 9.47 Å². The summed E-state index contributed by atoms with van der Waals surface area (Å²) in [7, 11) is 2.72. The van der Waals surface area contributed by atoms with Crippen molar-refractivity contribution in [2.75, 3.05) is 43.7 Å². The third kappa shape index (κ3) is 5.19. The van der Waals surface area contributed by atoms with E-state index in [0.29, 0.717) is 32.4 Å². The lowest BCUT2D eigenvalue weighted by Gasteiger charge is -2.31. The highest BCUT2D eigenvalue weighted by molar-refractivity contribution is 6.00. The number of pyridine rings is 1. The summed E-state index contributed by atoms with van der Waals surface area (Å²) in [4.78, 5) is 35.6. The summed E-state index contributed by atoms with van der Waals surface area (Å²) in [5, 5.41) is 9.08. The Hall–Kier alpha value is -4.53. The number of anilines is 1. The molecule has 5 rings (SSSR count). The van der Waals surface area contributed by atoms with Crippen LogP contribution in [-0.4, -0.2) is 57.8 Å². The van der Waals surface area contributed by atoms with Crippen molar-refractivity contribution in [1.29, 1.82) is 0 Å². The molecule has 3 aromatic heterocycles. The van der Waals surface area contributed by atoms with Crippen LogP contribution in [-0.2, 0) is 18.0 Å². The third-order valence-corrected chi connectivity index (χ3v) is 6.72. The van der Waals surface area contributed by atoms with Gasteiger partial charge < -0.3 is 19.8 Å². The Bertz CT molecular complexity index is 1730. The van der Waals surface area contributed by atoms with Gasteiger partial charge in [0.15, 0.2) is 5.82 Å². The van der Waals surface area contributed by atoms with Gasteiger partial charge in [0.25, 0.3) is 11.1 Å². The largest absolute Gasteiger partial charge is 0.467 e. The van der Waals surface area contributed by atoms with Gasteiger partial charge in [-0.25, -0.2) is 18.7 Å². The highest BCUT2D eigenvalue weighted by atomic mass is 19.4. The first-order chi connectivity index (χ1) is 19.5. The molecule has 0 spiro atoms. The molecule has 0 unspecified atom stereocenters. The number of morpholine rings is 1. The van der Waals surface area contributed by atoms with Crippen molar-refractivity contribution < 1.29 is 27.0 Å². The predicted octanol–water partition coefficient (Wildman–Crippen LogP) is 2.86. The molecule has 4 aromatic rings. The zero-order chi connectivity index (χ0) is 29.5. The molecule has 15 heteroatoms. The minimum Gasteiger partial charge on any atom is -0.467 e. The number of nitrogens with zero attached hydrogens (tertiary/aromatic N) is 6. The van der Waals surface area contributed by atoms with Gasteiger partial charge in [0, 0.05) is 25.0 Å². The van der Waals surface area contributed by atoms with Crippen molar-refractivity contribution in [3.63, 3.8) is 0 Å². The number of hydrogen-bond acceptors (Lipinski definition) is 9. The van der Waals surface area contributed by atoms with Gasteiger partial charge in [-0.05, 0) is 19.1 Å². The molecule has 41 heavy (non-hydrogen) atoms. The molecular weight excluding hydrogens is 550 g/mol. The van der Waals surface area contributed by atoms with Crippen molar-refractivity contribution in [3.8, 4) is 17.3 Å². The van der Waals surface area contributed by atoms with E-state index in [1.54, 1.807) is 5.01 Å². The van der Waals surface area contributed by atoms with E-state index < -0.39 is 34.7 Å². The summed E-state index contributed by atoms with van der Waals surface area (Å²) in [5.41, 5.74) is -2.78. The summed E-state index contributed by atoms with van der Waals surface area (Å²) in [5.74, 6) is -1.39. The Balaban J connectivity index is 1.75. The number of benzene rings is 1. The first-order valence-electron chi connectivity index (χ1n) is 12.5. The molecule has 1 aromatic carbocycles. The van der Waals surface area contributed by atoms with Crippen molar-refractivity contribution >= 4 is 16.6 Å². The maximum Gasteiger partial charge on any atom is 0.419 e. The van der Waals surface area contributed by atoms with Gasteiger partial charge >= 0.3 is 12.2 Å². The van der Waals surface area contributed by atoms with Gasteiger partial charge in [0.05, 0.1) is 67.0 Å². The zero-order valence-electron chi connectivity index (χ0n) is 22.2. The second-order valence-corrected chi connectivity index (χ2v) is 9.29. The molecule has 216 valence electrons. The van der Waals surface area contributed by atoms with E-state index in [2.05, 4.69) is 20.4 Å². The maximum atomic E-state index is 15.0. The standard InChI is InChI=1S/C26H25F4N7O4/c1-14(15-5-4-6-17(21(15)27)26(28,29)30)32-22-16-13-37(36-9-11-41-12-10-36)24(39)20(19(16)23(38)35(2)34-22)18-7-8-31-25(33-18)40-3/h4-8,13-14H,9-12H2,1-3H3,(H,32,34)/t14-/m1/s1. The molecule has 1 atom stereocenters. The van der Waals surface area contributed by atoms with Crippen LogP contribution in [0.4, 0.5) is 23.4 Å². The Kier molecular flexibility index (Phi) is 7.38. The minimum atomic E-state index is -4.89. The van der Waals surface area contributed by atoms with Crippen molar-refractivity contribution in [2.24, 2.45) is 7.05 Å². The van der Waals surface area contributed by atoms with Gasteiger partial charge in [-0.3, -0.25) is 9.59 Å². The molecule has 1 saturated heterocycles. The molecule has 0 radical (unpaired) electrons. The highest BCUT2D eigenvalue weighted by Crippen LogP contribution is 2.35. The first kappa shape index (κ1) is 28.0. The van der Waals surface area contributed by atoms with Crippen LogP contribution in [0, 0.1) is 5.82 Å². The van der Waals surface area contributed by atoms with E-state index in [1.807, 2.05) is 0 Å². The lowest BCUT2D eigenvalue weighted by Crippen LogP contribution is -2.49. The second-order valence-electron chi connectivity index (χ2n) is 9.29. The van der Waals surface area contributed by atoms with Crippen molar-refractivity contribution in [3.05, 3.63) is 74.3 Å². The van der Waals surface area contributed by atoms with Crippen LogP contribution in [0.1, 0.15) is 24.1 Å². The van der Waals surface area contributed by atoms with Crippen LogP contribution in [0.5, 0.6) is 6.01 Å². The zero-order valence-corrected chi connectivity index (χ0v) is 22.2. The number of methoxy groups -OCH3 is 1. The molecular formula is C26H25F4N7O4. The quantitative estimate of drug-likeness (QED) is 0.347. The van der Waals surface area contributed by atoms with Crippen molar-refractivity contribution in [2.45, 2.75) is 19.1 Å². The third-order valence-electron chi connectivity index (χ3n) is 6.72. The number of hydrogen-bond donors (Lipinski definition) is 1. The average Bonchev–Trinajstić information content (AvgIpc) is 2.95. The molecule has 4 heterocycles. The normalized spacial score (nSPS) is 14.8. The van der Waals surface area contributed by atoms with E-state index >= 15 is 0 Å². The summed E-state index contributed by atoms with van der Waals surface area (Å²) < 4.78 is 67.9. The maximum absolute atomic E-state index is 15.0. The molecule has 1 fully saturated rings. The van der Waals surface area contributed by atoms with E-state index in [9.17, 15) is 27.2 Å². The molecule has 11 nitrogen and oxygen atoms in total. The van der Waals surface area contributed by atoms with Gasteiger partial charge in [0.1, 0.15) is 5.82 Å². The fraction of sp³-hybridized carbons (Fsp3) is 0.346. The van der Waals surface area contributed by atoms with Crippen LogP contribution in [0.15, 0.2) is 46.2 Å². The predicted molar refractivity (Wildman–Crippen MR) is 141 cm³/mol. The number of aryl methyl sites for hydroxylation is 1. The van der Waals surface area contributed by atoms with Crippen LogP contribution < -0.4 is 26.2 Å².